The van der Waals surface area contributed by atoms with Crippen LogP contribution in [-0.4, -0.2) is 20.6 Å². The van der Waals surface area contributed by atoms with E-state index in [0.717, 1.165) is 22.9 Å². The average molecular weight is 238 g/mol. The molecule has 90 valence electrons. The van der Waals surface area contributed by atoms with Gasteiger partial charge >= 0.3 is 5.97 Å². The van der Waals surface area contributed by atoms with Crippen molar-refractivity contribution >= 4 is 11.7 Å². The molecule has 0 fully saturated rings. The molecule has 0 unspecified atom stereocenters. The van der Waals surface area contributed by atoms with Crippen LogP contribution in [-0.2, 0) is 11.3 Å². The second-order valence-corrected chi connectivity index (χ2v) is 3.33. The summed E-state index contributed by atoms with van der Waals surface area (Å²) in [5, 5.41) is 19.1. The molecular weight excluding hydrogens is 228 g/mol. The van der Waals surface area contributed by atoms with Crippen LogP contribution in [0.15, 0.2) is 34.8 Å². The number of nitro groups is 1. The Hall–Kier alpha value is -2.44. The van der Waals surface area contributed by atoms with Crippen molar-refractivity contribution in [3.8, 4) is 0 Å². The number of hydrogen-bond donors (Lipinski definition) is 1. The molecule has 1 heterocycles. The maximum atomic E-state index is 11.3. The maximum Gasteiger partial charge on any atom is 0.331 e. The summed E-state index contributed by atoms with van der Waals surface area (Å²) in [6, 6.07) is 2.18. The Morgan fingerprint density at radius 2 is 2.24 bits per heavy atom. The fourth-order valence-electron chi connectivity index (χ4n) is 1.09. The fraction of sp³-hybridized carbons (Fsp3) is 0.200. The topological polar surface area (TPSA) is 102 Å². The molecule has 0 aliphatic rings. The normalized spacial score (nSPS) is 11.2. The zero-order valence-electron chi connectivity index (χ0n) is 8.99. The van der Waals surface area contributed by atoms with E-state index in [2.05, 4.69) is 0 Å². The van der Waals surface area contributed by atoms with E-state index in [1.807, 2.05) is 0 Å². The van der Waals surface area contributed by atoms with Gasteiger partial charge in [0, 0.05) is 24.3 Å². The number of carbonyl (C=O) groups is 1. The van der Waals surface area contributed by atoms with Crippen LogP contribution in [0.4, 0.5) is 5.69 Å². The van der Waals surface area contributed by atoms with E-state index in [4.69, 9.17) is 5.11 Å². The van der Waals surface area contributed by atoms with Crippen LogP contribution in [0.3, 0.4) is 0 Å². The van der Waals surface area contributed by atoms with Crippen molar-refractivity contribution in [3.63, 3.8) is 0 Å². The number of nitrogens with zero attached hydrogens (tertiary/aromatic N) is 2. The van der Waals surface area contributed by atoms with E-state index in [0.29, 0.717) is 0 Å². The maximum absolute atomic E-state index is 11.3. The number of hydrogen-bond acceptors (Lipinski definition) is 4. The van der Waals surface area contributed by atoms with E-state index in [-0.39, 0.29) is 17.8 Å². The van der Waals surface area contributed by atoms with Crippen LogP contribution < -0.4 is 5.56 Å². The minimum absolute atomic E-state index is 0.0152. The Kier molecular flexibility index (Phi) is 3.76. The third-order valence-corrected chi connectivity index (χ3v) is 2.11. The lowest BCUT2D eigenvalue weighted by atomic mass is 10.3. The van der Waals surface area contributed by atoms with Gasteiger partial charge in [-0.15, -0.1) is 0 Å². The van der Waals surface area contributed by atoms with Gasteiger partial charge in [0.2, 0.25) is 0 Å². The van der Waals surface area contributed by atoms with Gasteiger partial charge in [-0.25, -0.2) is 4.79 Å². The number of allylic oxidation sites excluding steroid dienone is 1. The molecule has 1 N–H and O–H groups in total. The van der Waals surface area contributed by atoms with Crippen molar-refractivity contribution in [2.75, 3.05) is 0 Å². The molecule has 0 radical (unpaired) electrons. The number of carboxylic acids is 1. The van der Waals surface area contributed by atoms with Crippen LogP contribution in [0, 0.1) is 10.1 Å². The van der Waals surface area contributed by atoms with Crippen LogP contribution in [0.5, 0.6) is 0 Å². The Bertz CT molecular complexity index is 544. The highest BCUT2D eigenvalue weighted by Gasteiger charge is 2.07. The molecule has 0 aliphatic carbocycles. The summed E-state index contributed by atoms with van der Waals surface area (Å²) in [6.07, 6.45) is 2.39. The molecule has 0 atom stereocenters. The zero-order valence-corrected chi connectivity index (χ0v) is 8.99. The monoisotopic (exact) mass is 238 g/mol. The molecule has 7 nitrogen and oxygen atoms in total. The summed E-state index contributed by atoms with van der Waals surface area (Å²) in [5.74, 6) is -1.09. The molecular formula is C10H10N2O5. The number of rotatable bonds is 4. The predicted molar refractivity (Wildman–Crippen MR) is 58.7 cm³/mol. The van der Waals surface area contributed by atoms with Crippen molar-refractivity contribution in [2.24, 2.45) is 0 Å². The molecule has 0 amide bonds. The first-order valence-electron chi connectivity index (χ1n) is 4.66. The highest BCUT2D eigenvalue weighted by Crippen LogP contribution is 2.06. The zero-order chi connectivity index (χ0) is 13.0. The number of pyridine rings is 1. The molecule has 1 rings (SSSR count). The van der Waals surface area contributed by atoms with E-state index < -0.39 is 16.5 Å². The van der Waals surface area contributed by atoms with Crippen LogP contribution in [0.2, 0.25) is 0 Å². The highest BCUT2D eigenvalue weighted by molar-refractivity contribution is 5.85. The summed E-state index contributed by atoms with van der Waals surface area (Å²) < 4.78 is 1.07. The van der Waals surface area contributed by atoms with Gasteiger partial charge < -0.3 is 9.67 Å². The Morgan fingerprint density at radius 3 is 2.76 bits per heavy atom. The lowest BCUT2D eigenvalue weighted by Crippen LogP contribution is -2.18. The Labute approximate surface area is 95.8 Å². The first-order chi connectivity index (χ1) is 7.91. The van der Waals surface area contributed by atoms with Gasteiger partial charge in [0.15, 0.2) is 0 Å². The molecule has 7 heteroatoms. The molecule has 0 aliphatic heterocycles. The molecule has 1 aromatic heterocycles. The van der Waals surface area contributed by atoms with Crippen LogP contribution in [0.1, 0.15) is 6.92 Å². The molecule has 1 aromatic rings. The van der Waals surface area contributed by atoms with Crippen molar-refractivity contribution < 1.29 is 14.8 Å². The smallest absolute Gasteiger partial charge is 0.331 e. The van der Waals surface area contributed by atoms with E-state index in [1.165, 1.54) is 13.0 Å². The largest absolute Gasteiger partial charge is 0.478 e. The molecule has 0 aromatic carbocycles. The number of aromatic nitrogens is 1. The fourth-order valence-corrected chi connectivity index (χ4v) is 1.09. The summed E-state index contributed by atoms with van der Waals surface area (Å²) in [5.41, 5.74) is -0.570. The van der Waals surface area contributed by atoms with E-state index in [1.54, 1.807) is 0 Å². The summed E-state index contributed by atoms with van der Waals surface area (Å²) >= 11 is 0. The second kappa shape index (κ2) is 5.06. The summed E-state index contributed by atoms with van der Waals surface area (Å²) in [7, 11) is 0. The standard InChI is InChI=1S/C10H10N2O5/c1-7(10(14)15)4-5-11-6-8(12(16)17)2-3-9(11)13/h2-4,6H,5H2,1H3,(H,14,15). The quantitative estimate of drug-likeness (QED) is 0.474. The Morgan fingerprint density at radius 1 is 1.59 bits per heavy atom. The summed E-state index contributed by atoms with van der Waals surface area (Å²) in [6.45, 7) is 1.36. The lowest BCUT2D eigenvalue weighted by molar-refractivity contribution is -0.385. The Balaban J connectivity index is 3.02. The first kappa shape index (κ1) is 12.6. The molecule has 0 spiro atoms. The minimum Gasteiger partial charge on any atom is -0.478 e. The lowest BCUT2D eigenvalue weighted by Gasteiger charge is -2.01. The van der Waals surface area contributed by atoms with Gasteiger partial charge in [0.1, 0.15) is 0 Å². The van der Waals surface area contributed by atoms with Gasteiger partial charge in [0.05, 0.1) is 11.1 Å². The van der Waals surface area contributed by atoms with Crippen molar-refractivity contribution in [2.45, 2.75) is 13.5 Å². The first-order valence-corrected chi connectivity index (χ1v) is 4.66. The number of carboxylic acid groups (broad SMARTS) is 1. The highest BCUT2D eigenvalue weighted by atomic mass is 16.6. The molecule has 17 heavy (non-hydrogen) atoms. The summed E-state index contributed by atoms with van der Waals surface area (Å²) in [4.78, 5) is 31.7. The van der Waals surface area contributed by atoms with Crippen molar-refractivity contribution in [1.29, 1.82) is 0 Å². The molecule has 0 saturated carbocycles. The SMILES string of the molecule is CC(=CCn1cc([N+](=O)[O-])ccc1=O)C(=O)O. The molecule has 0 bridgehead atoms. The van der Waals surface area contributed by atoms with Gasteiger partial charge in [-0.2, -0.15) is 0 Å². The minimum atomic E-state index is -1.09. The van der Waals surface area contributed by atoms with Crippen LogP contribution in [0.25, 0.3) is 0 Å². The van der Waals surface area contributed by atoms with Gasteiger partial charge in [-0.05, 0) is 6.92 Å². The van der Waals surface area contributed by atoms with Crippen molar-refractivity contribution in [3.05, 3.63) is 50.4 Å². The van der Waals surface area contributed by atoms with E-state index in [9.17, 15) is 19.7 Å². The third kappa shape index (κ3) is 3.26. The number of aliphatic carboxylic acids is 1. The van der Waals surface area contributed by atoms with Gasteiger partial charge in [-0.1, -0.05) is 6.08 Å². The predicted octanol–water partition coefficient (Wildman–Crippen LogP) is 0.787. The average Bonchev–Trinajstić information content (AvgIpc) is 2.26. The van der Waals surface area contributed by atoms with Gasteiger partial charge in [-0.3, -0.25) is 14.9 Å². The van der Waals surface area contributed by atoms with Gasteiger partial charge in [0.25, 0.3) is 11.2 Å². The van der Waals surface area contributed by atoms with E-state index >= 15 is 0 Å². The molecule has 0 saturated heterocycles. The second-order valence-electron chi connectivity index (χ2n) is 3.33. The van der Waals surface area contributed by atoms with Crippen molar-refractivity contribution in [1.82, 2.24) is 4.57 Å². The third-order valence-electron chi connectivity index (χ3n) is 2.11. The van der Waals surface area contributed by atoms with Crippen LogP contribution >= 0.6 is 0 Å².